The average Bonchev–Trinajstić information content (AvgIpc) is 2.73. The smallest absolute Gasteiger partial charge is 0.308 e. The maximum absolute atomic E-state index is 11.6. The van der Waals surface area contributed by atoms with Gasteiger partial charge in [0.25, 0.3) is 0 Å². The highest BCUT2D eigenvalue weighted by Crippen LogP contribution is 2.39. The van der Waals surface area contributed by atoms with Crippen LogP contribution >= 0.6 is 27.5 Å². The first-order chi connectivity index (χ1) is 9.20. The molecule has 0 aliphatic carbocycles. The van der Waals surface area contributed by atoms with Gasteiger partial charge < -0.3 is 5.11 Å². The number of nitrogens with zero attached hydrogens (tertiary/aromatic N) is 1. The number of benzene rings is 1. The fourth-order valence-corrected chi connectivity index (χ4v) is 3.70. The van der Waals surface area contributed by atoms with Crippen LogP contribution in [0.25, 0.3) is 0 Å². The molecule has 2 atom stereocenters. The van der Waals surface area contributed by atoms with Crippen molar-refractivity contribution in [3.05, 3.63) is 33.3 Å². The molecule has 5 heteroatoms. The molecule has 0 spiro atoms. The summed E-state index contributed by atoms with van der Waals surface area (Å²) in [4.78, 5) is 13.8. The minimum atomic E-state index is -0.733. The molecule has 0 aromatic heterocycles. The van der Waals surface area contributed by atoms with Gasteiger partial charge in [-0.25, -0.2) is 0 Å². The summed E-state index contributed by atoms with van der Waals surface area (Å²) in [5.41, 5.74) is 0.995. The largest absolute Gasteiger partial charge is 0.481 e. The summed E-state index contributed by atoms with van der Waals surface area (Å²) >= 11 is 9.48. The van der Waals surface area contributed by atoms with E-state index in [0.29, 0.717) is 11.6 Å². The van der Waals surface area contributed by atoms with Gasteiger partial charge in [0.1, 0.15) is 0 Å². The number of rotatable bonds is 2. The average molecular weight is 361 g/mol. The lowest BCUT2D eigenvalue weighted by Gasteiger charge is -2.31. The van der Waals surface area contributed by atoms with Crippen LogP contribution in [0.5, 0.6) is 0 Å². The zero-order valence-electron chi connectivity index (χ0n) is 11.9. The van der Waals surface area contributed by atoms with E-state index in [0.717, 1.165) is 16.6 Å². The fourth-order valence-electron chi connectivity index (χ4n) is 2.72. The summed E-state index contributed by atoms with van der Waals surface area (Å²) in [5, 5.41) is 10.2. The number of aliphatic carboxylic acids is 1. The van der Waals surface area contributed by atoms with E-state index in [-0.39, 0.29) is 17.4 Å². The van der Waals surface area contributed by atoms with Crippen molar-refractivity contribution < 1.29 is 9.90 Å². The fraction of sp³-hybridized carbons (Fsp3) is 0.533. The Morgan fingerprint density at radius 1 is 1.40 bits per heavy atom. The Bertz CT molecular complexity index is 527. The maximum Gasteiger partial charge on any atom is 0.308 e. The van der Waals surface area contributed by atoms with E-state index in [9.17, 15) is 9.90 Å². The van der Waals surface area contributed by atoms with E-state index < -0.39 is 5.97 Å². The topological polar surface area (TPSA) is 40.5 Å². The Morgan fingerprint density at radius 2 is 2.05 bits per heavy atom. The molecule has 1 saturated heterocycles. The predicted octanol–water partition coefficient (Wildman–Crippen LogP) is 4.00. The molecular formula is C15H19BrClNO2. The van der Waals surface area contributed by atoms with Gasteiger partial charge in [0.2, 0.25) is 0 Å². The van der Waals surface area contributed by atoms with Crippen molar-refractivity contribution in [2.24, 2.45) is 5.92 Å². The van der Waals surface area contributed by atoms with Crippen LogP contribution in [0.4, 0.5) is 0 Å². The molecule has 20 heavy (non-hydrogen) atoms. The summed E-state index contributed by atoms with van der Waals surface area (Å²) in [6.45, 7) is 7.68. The van der Waals surface area contributed by atoms with E-state index in [1.807, 2.05) is 18.2 Å². The van der Waals surface area contributed by atoms with Gasteiger partial charge >= 0.3 is 5.97 Å². The lowest BCUT2D eigenvalue weighted by Crippen LogP contribution is -2.40. The molecular weight excluding hydrogens is 342 g/mol. The van der Waals surface area contributed by atoms with E-state index in [1.165, 1.54) is 0 Å². The van der Waals surface area contributed by atoms with E-state index in [4.69, 9.17) is 11.6 Å². The van der Waals surface area contributed by atoms with Gasteiger partial charge in [-0.1, -0.05) is 33.6 Å². The molecule has 0 unspecified atom stereocenters. The number of carbonyl (C=O) groups is 1. The molecule has 0 bridgehead atoms. The highest BCUT2D eigenvalue weighted by atomic mass is 79.9. The van der Waals surface area contributed by atoms with Crippen LogP contribution in [0.1, 0.15) is 32.3 Å². The van der Waals surface area contributed by atoms with Crippen molar-refractivity contribution >= 4 is 33.5 Å². The van der Waals surface area contributed by atoms with Crippen LogP contribution in [-0.4, -0.2) is 34.6 Å². The van der Waals surface area contributed by atoms with Crippen LogP contribution in [0.15, 0.2) is 22.7 Å². The van der Waals surface area contributed by atoms with Gasteiger partial charge in [-0.05, 0) is 38.5 Å². The van der Waals surface area contributed by atoms with Gasteiger partial charge in [0, 0.05) is 34.0 Å². The minimum absolute atomic E-state index is 0.0154. The third kappa shape index (κ3) is 3.18. The van der Waals surface area contributed by atoms with Gasteiger partial charge in [-0.2, -0.15) is 0 Å². The predicted molar refractivity (Wildman–Crippen MR) is 84.3 cm³/mol. The quantitative estimate of drug-likeness (QED) is 0.866. The van der Waals surface area contributed by atoms with Crippen molar-refractivity contribution in [3.8, 4) is 0 Å². The molecule has 1 fully saturated rings. The highest BCUT2D eigenvalue weighted by Gasteiger charge is 2.42. The zero-order chi connectivity index (χ0) is 15.1. The molecule has 1 aliphatic rings. The summed E-state index contributed by atoms with van der Waals surface area (Å²) in [5.74, 6) is -1.13. The third-order valence-electron chi connectivity index (χ3n) is 3.95. The first-order valence-corrected chi connectivity index (χ1v) is 7.80. The molecule has 1 aromatic carbocycles. The van der Waals surface area contributed by atoms with Crippen molar-refractivity contribution in [2.45, 2.75) is 32.2 Å². The first kappa shape index (κ1) is 15.8. The second-order valence-electron chi connectivity index (χ2n) is 6.29. The summed E-state index contributed by atoms with van der Waals surface area (Å²) in [7, 11) is 0. The number of halogens is 2. The van der Waals surface area contributed by atoms with Gasteiger partial charge in [0.15, 0.2) is 0 Å². The summed E-state index contributed by atoms with van der Waals surface area (Å²) < 4.78 is 0.886. The molecule has 0 saturated carbocycles. The Hall–Kier alpha value is -0.580. The lowest BCUT2D eigenvalue weighted by molar-refractivity contribution is -0.141. The first-order valence-electron chi connectivity index (χ1n) is 6.63. The minimum Gasteiger partial charge on any atom is -0.481 e. The number of hydrogen-bond donors (Lipinski definition) is 1. The molecule has 1 aliphatic heterocycles. The summed E-state index contributed by atoms with van der Waals surface area (Å²) in [6, 6.07) is 5.58. The zero-order valence-corrected chi connectivity index (χ0v) is 14.2. The van der Waals surface area contributed by atoms with Gasteiger partial charge in [-0.3, -0.25) is 9.69 Å². The van der Waals surface area contributed by atoms with Crippen molar-refractivity contribution in [1.29, 1.82) is 0 Å². The number of carboxylic acid groups (broad SMARTS) is 1. The van der Waals surface area contributed by atoms with Crippen LogP contribution in [0.2, 0.25) is 5.02 Å². The van der Waals surface area contributed by atoms with E-state index in [1.54, 1.807) is 0 Å². The molecule has 2 rings (SSSR count). The highest BCUT2D eigenvalue weighted by molar-refractivity contribution is 9.10. The van der Waals surface area contributed by atoms with Crippen molar-refractivity contribution in [3.63, 3.8) is 0 Å². The third-order valence-corrected chi connectivity index (χ3v) is 4.87. The van der Waals surface area contributed by atoms with Crippen LogP contribution in [0, 0.1) is 5.92 Å². The molecule has 1 N–H and O–H groups in total. The molecule has 0 amide bonds. The molecule has 1 aromatic rings. The molecule has 0 radical (unpaired) electrons. The number of likely N-dealkylation sites (tertiary alicyclic amines) is 1. The van der Waals surface area contributed by atoms with Crippen LogP contribution in [0.3, 0.4) is 0 Å². The second kappa shape index (κ2) is 5.66. The van der Waals surface area contributed by atoms with Crippen LogP contribution < -0.4 is 0 Å². The molecule has 1 heterocycles. The standard InChI is InChI=1S/C15H19BrClNO2/c1-15(2,3)18-7-11(12(8-18)14(19)20)10-5-4-9(17)6-13(10)16/h4-6,11-12H,7-8H2,1-3H3,(H,19,20)/t11-,12+/m0/s1. The second-order valence-corrected chi connectivity index (χ2v) is 7.58. The molecule has 3 nitrogen and oxygen atoms in total. The summed E-state index contributed by atoms with van der Waals surface area (Å²) in [6.07, 6.45) is 0. The molecule has 110 valence electrons. The number of hydrogen-bond acceptors (Lipinski definition) is 2. The van der Waals surface area contributed by atoms with Crippen LogP contribution in [-0.2, 0) is 4.79 Å². The number of carboxylic acids is 1. The lowest BCUT2D eigenvalue weighted by atomic mass is 9.89. The normalized spacial score (nSPS) is 24.1. The Balaban J connectivity index is 2.35. The van der Waals surface area contributed by atoms with Crippen molar-refractivity contribution in [2.75, 3.05) is 13.1 Å². The van der Waals surface area contributed by atoms with Crippen molar-refractivity contribution in [1.82, 2.24) is 4.90 Å². The van der Waals surface area contributed by atoms with E-state index >= 15 is 0 Å². The SMILES string of the molecule is CC(C)(C)N1C[C@@H](C(=O)O)[C@H](c2ccc(Cl)cc2Br)C1. The van der Waals surface area contributed by atoms with Gasteiger partial charge in [-0.15, -0.1) is 0 Å². The Kier molecular flexibility index (Phi) is 4.47. The van der Waals surface area contributed by atoms with E-state index in [2.05, 4.69) is 41.6 Å². The Labute approximate surface area is 133 Å². The van der Waals surface area contributed by atoms with Gasteiger partial charge in [0.05, 0.1) is 5.92 Å². The monoisotopic (exact) mass is 359 g/mol. The maximum atomic E-state index is 11.6. The Morgan fingerprint density at radius 3 is 2.55 bits per heavy atom.